The number of alkyl halides is 2. The minimum atomic E-state index is -3.79. The maximum atomic E-state index is 13.4. The van der Waals surface area contributed by atoms with Gasteiger partial charge in [-0.1, -0.05) is 18.2 Å². The zero-order valence-corrected chi connectivity index (χ0v) is 16.4. The van der Waals surface area contributed by atoms with E-state index >= 15 is 0 Å². The number of carbonyl (C=O) groups is 2. The molecule has 1 saturated heterocycles. The molecule has 1 fully saturated rings. The van der Waals surface area contributed by atoms with Crippen molar-refractivity contribution in [1.82, 2.24) is 4.90 Å². The largest absolute Gasteiger partial charge is 0.586 e. The summed E-state index contributed by atoms with van der Waals surface area (Å²) in [4.78, 5) is 26.4. The molecule has 0 saturated carbocycles. The van der Waals surface area contributed by atoms with Gasteiger partial charge in [0.15, 0.2) is 17.3 Å². The van der Waals surface area contributed by atoms with Gasteiger partial charge in [-0.05, 0) is 24.6 Å². The van der Waals surface area contributed by atoms with Crippen LogP contribution in [0.15, 0.2) is 36.4 Å². The molecule has 7 nitrogen and oxygen atoms in total. The molecule has 2 aromatic carbocycles. The van der Waals surface area contributed by atoms with E-state index in [1.165, 1.54) is 23.1 Å². The van der Waals surface area contributed by atoms with Crippen LogP contribution < -0.4 is 14.2 Å². The number of benzene rings is 2. The fraction of sp³-hybridized carbons (Fsp3) is 0.364. The third-order valence-electron chi connectivity index (χ3n) is 5.55. The van der Waals surface area contributed by atoms with E-state index in [9.17, 15) is 18.4 Å². The molecule has 2 aliphatic heterocycles. The van der Waals surface area contributed by atoms with Crippen molar-refractivity contribution in [2.24, 2.45) is 0 Å². The first kappa shape index (κ1) is 19.7. The van der Waals surface area contributed by atoms with E-state index in [0.717, 1.165) is 5.56 Å². The number of Topliss-reactive ketones (excluding diaryl/α,β-unsaturated/α-hetero) is 1. The third kappa shape index (κ3) is 3.69. The van der Waals surface area contributed by atoms with Crippen LogP contribution in [0.5, 0.6) is 17.2 Å². The number of rotatable bonds is 4. The second-order valence-electron chi connectivity index (χ2n) is 7.56. The summed E-state index contributed by atoms with van der Waals surface area (Å²) < 4.78 is 47.5. The summed E-state index contributed by atoms with van der Waals surface area (Å²) in [5.41, 5.74) is 1.60. The van der Waals surface area contributed by atoms with Crippen molar-refractivity contribution in [3.05, 3.63) is 53.1 Å². The summed E-state index contributed by atoms with van der Waals surface area (Å²) in [5, 5.41) is 0. The van der Waals surface area contributed by atoms with Gasteiger partial charge in [-0.15, -0.1) is 8.78 Å². The average molecular weight is 431 g/mol. The van der Waals surface area contributed by atoms with E-state index in [0.29, 0.717) is 30.7 Å². The van der Waals surface area contributed by atoms with Gasteiger partial charge in [-0.2, -0.15) is 0 Å². The summed E-state index contributed by atoms with van der Waals surface area (Å²) in [7, 11) is 0. The van der Waals surface area contributed by atoms with Gasteiger partial charge in [0.1, 0.15) is 18.5 Å². The van der Waals surface area contributed by atoms with Crippen LogP contribution in [0.2, 0.25) is 0 Å². The van der Waals surface area contributed by atoms with Crippen molar-refractivity contribution >= 4 is 11.7 Å². The Kier molecular flexibility index (Phi) is 4.77. The molecule has 0 N–H and O–H groups in total. The second kappa shape index (κ2) is 7.49. The first-order chi connectivity index (χ1) is 14.9. The van der Waals surface area contributed by atoms with E-state index in [-0.39, 0.29) is 42.6 Å². The molecule has 1 aliphatic carbocycles. The lowest BCUT2D eigenvalue weighted by Crippen LogP contribution is -2.47. The number of ketones is 1. The van der Waals surface area contributed by atoms with Crippen molar-refractivity contribution in [2.75, 3.05) is 26.3 Å². The third-order valence-corrected chi connectivity index (χ3v) is 5.55. The monoisotopic (exact) mass is 431 g/mol. The van der Waals surface area contributed by atoms with Gasteiger partial charge in [0, 0.05) is 24.1 Å². The Morgan fingerprint density at radius 1 is 1.16 bits per heavy atom. The van der Waals surface area contributed by atoms with Crippen LogP contribution in [0.25, 0.3) is 0 Å². The number of hydrogen-bond donors (Lipinski definition) is 0. The van der Waals surface area contributed by atoms with Crippen molar-refractivity contribution in [3.8, 4) is 17.2 Å². The summed E-state index contributed by atoms with van der Waals surface area (Å²) >= 11 is 0. The molecule has 2 aromatic rings. The van der Waals surface area contributed by atoms with Crippen LogP contribution in [-0.2, 0) is 11.2 Å². The lowest BCUT2D eigenvalue weighted by Gasteiger charge is -2.33. The molecule has 0 spiro atoms. The van der Waals surface area contributed by atoms with Crippen LogP contribution in [0, 0.1) is 0 Å². The molecule has 162 valence electrons. The van der Waals surface area contributed by atoms with Gasteiger partial charge in [0.2, 0.25) is 0 Å². The van der Waals surface area contributed by atoms with Crippen LogP contribution in [0.4, 0.5) is 8.78 Å². The molecule has 0 aromatic heterocycles. The summed E-state index contributed by atoms with van der Waals surface area (Å²) in [5.74, 6) is -0.127. The molecule has 0 bridgehead atoms. The molecule has 2 heterocycles. The average Bonchev–Trinajstić information content (AvgIpc) is 3.30. The maximum Gasteiger partial charge on any atom is 0.586 e. The van der Waals surface area contributed by atoms with Gasteiger partial charge < -0.3 is 23.8 Å². The summed E-state index contributed by atoms with van der Waals surface area (Å²) in [6.45, 7) is 1.02. The minimum Gasteiger partial charge on any atom is -0.491 e. The second-order valence-corrected chi connectivity index (χ2v) is 7.56. The van der Waals surface area contributed by atoms with Crippen LogP contribution in [0.1, 0.15) is 32.7 Å². The molecule has 1 unspecified atom stereocenters. The Morgan fingerprint density at radius 3 is 2.87 bits per heavy atom. The zero-order chi connectivity index (χ0) is 21.6. The molecule has 5 rings (SSSR count). The standard InChI is InChI=1S/C22H19F2NO6/c23-22(24)30-19-6-2-4-16(20(19)31-22)21(27)25-9-10-28-13(11-25)12-29-18-5-1-3-14-15(18)7-8-17(14)26/h1-6,13H,7-12H2. The Bertz CT molecular complexity index is 1060. The van der Waals surface area contributed by atoms with E-state index in [2.05, 4.69) is 9.47 Å². The lowest BCUT2D eigenvalue weighted by atomic mass is 10.1. The van der Waals surface area contributed by atoms with E-state index in [4.69, 9.17) is 9.47 Å². The highest BCUT2D eigenvalue weighted by molar-refractivity contribution is 6.01. The number of nitrogens with zero attached hydrogens (tertiary/aromatic N) is 1. The van der Waals surface area contributed by atoms with Crippen LogP contribution in [0.3, 0.4) is 0 Å². The fourth-order valence-corrected chi connectivity index (χ4v) is 4.09. The Balaban J connectivity index is 1.26. The number of carbonyl (C=O) groups excluding carboxylic acids is 2. The molecule has 3 aliphatic rings. The van der Waals surface area contributed by atoms with Crippen LogP contribution in [-0.4, -0.2) is 55.3 Å². The number of para-hydroxylation sites is 1. The number of amides is 1. The predicted octanol–water partition coefficient (Wildman–Crippen LogP) is 3.06. The fourth-order valence-electron chi connectivity index (χ4n) is 4.09. The predicted molar refractivity (Wildman–Crippen MR) is 103 cm³/mol. The highest BCUT2D eigenvalue weighted by Gasteiger charge is 2.45. The highest BCUT2D eigenvalue weighted by Crippen LogP contribution is 2.43. The summed E-state index contributed by atoms with van der Waals surface area (Å²) in [6, 6.07) is 9.61. The van der Waals surface area contributed by atoms with E-state index in [1.54, 1.807) is 12.1 Å². The number of morpholine rings is 1. The molecule has 31 heavy (non-hydrogen) atoms. The number of halogens is 2. The molecular formula is C22H19F2NO6. The number of ether oxygens (including phenoxy) is 4. The topological polar surface area (TPSA) is 74.3 Å². The van der Waals surface area contributed by atoms with Crippen molar-refractivity contribution in [3.63, 3.8) is 0 Å². The number of hydrogen-bond acceptors (Lipinski definition) is 6. The Hall–Kier alpha value is -3.20. The van der Waals surface area contributed by atoms with E-state index in [1.807, 2.05) is 6.07 Å². The molecule has 0 radical (unpaired) electrons. The normalized spacial score (nSPS) is 21.2. The SMILES string of the molecule is O=C1CCc2c(OCC3CN(C(=O)c4cccc5c4OC(F)(F)O5)CCO3)cccc21. The summed E-state index contributed by atoms with van der Waals surface area (Å²) in [6.07, 6.45) is -3.07. The molecule has 1 amide bonds. The van der Waals surface area contributed by atoms with Gasteiger partial charge in [0.25, 0.3) is 5.91 Å². The van der Waals surface area contributed by atoms with Crippen molar-refractivity contribution in [2.45, 2.75) is 25.2 Å². The lowest BCUT2D eigenvalue weighted by molar-refractivity contribution is -0.286. The van der Waals surface area contributed by atoms with Crippen molar-refractivity contribution < 1.29 is 37.3 Å². The van der Waals surface area contributed by atoms with Crippen LogP contribution >= 0.6 is 0 Å². The minimum absolute atomic E-state index is 0.00985. The quantitative estimate of drug-likeness (QED) is 0.741. The smallest absolute Gasteiger partial charge is 0.491 e. The zero-order valence-electron chi connectivity index (χ0n) is 16.4. The van der Waals surface area contributed by atoms with Crippen molar-refractivity contribution in [1.29, 1.82) is 0 Å². The Labute approximate surface area is 176 Å². The first-order valence-electron chi connectivity index (χ1n) is 9.99. The first-order valence-corrected chi connectivity index (χ1v) is 9.99. The Morgan fingerprint density at radius 2 is 2.00 bits per heavy atom. The van der Waals surface area contributed by atoms with Gasteiger partial charge in [-0.3, -0.25) is 9.59 Å². The molecule has 1 atom stereocenters. The highest BCUT2D eigenvalue weighted by atomic mass is 19.3. The van der Waals surface area contributed by atoms with Gasteiger partial charge in [-0.25, -0.2) is 0 Å². The molecular weight excluding hydrogens is 412 g/mol. The maximum absolute atomic E-state index is 13.4. The van der Waals surface area contributed by atoms with Gasteiger partial charge in [0.05, 0.1) is 18.7 Å². The molecule has 9 heteroatoms. The van der Waals surface area contributed by atoms with E-state index < -0.39 is 18.3 Å². The van der Waals surface area contributed by atoms with Gasteiger partial charge >= 0.3 is 6.29 Å². The number of fused-ring (bicyclic) bond motifs is 2.